The predicted octanol–water partition coefficient (Wildman–Crippen LogP) is 3.36. The Morgan fingerprint density at radius 3 is 2.81 bits per heavy atom. The van der Waals surface area contributed by atoms with Crippen LogP contribution in [0.4, 0.5) is 0 Å². The number of aromatic amines is 1. The highest BCUT2D eigenvalue weighted by Crippen LogP contribution is 2.34. The van der Waals surface area contributed by atoms with Crippen LogP contribution in [0, 0.1) is 6.92 Å². The molecule has 3 heterocycles. The molecular weight excluding hydrogens is 290 g/mol. The normalized spacial score (nSPS) is 13.6. The maximum Gasteiger partial charge on any atom is 0.278 e. The molecule has 0 atom stereocenters. The summed E-state index contributed by atoms with van der Waals surface area (Å²) in [6.07, 6.45) is 1.65. The summed E-state index contributed by atoms with van der Waals surface area (Å²) in [4.78, 5) is 12.0. The summed E-state index contributed by atoms with van der Waals surface area (Å²) < 4.78 is 10.8. The number of benzene rings is 1. The summed E-state index contributed by atoms with van der Waals surface area (Å²) in [6, 6.07) is 5.96. The molecule has 0 saturated heterocycles. The minimum Gasteiger partial charge on any atom is -0.470 e. The number of nitrogens with zero attached hydrogens (tertiary/aromatic N) is 2. The second-order valence-electron chi connectivity index (χ2n) is 4.93. The minimum absolute atomic E-state index is 0.414. The number of ether oxygens (including phenoxy) is 2. The molecule has 4 rings (SSSR count). The lowest BCUT2D eigenvalue weighted by Gasteiger charge is -2.16. The van der Waals surface area contributed by atoms with E-state index in [1.807, 2.05) is 19.1 Å². The van der Waals surface area contributed by atoms with Crippen LogP contribution in [0.2, 0.25) is 5.02 Å². The van der Waals surface area contributed by atoms with Crippen LogP contribution in [-0.2, 0) is 0 Å². The van der Waals surface area contributed by atoms with E-state index in [0.717, 1.165) is 22.2 Å². The number of H-pyrrole nitrogens is 1. The second kappa shape index (κ2) is 4.63. The van der Waals surface area contributed by atoms with E-state index in [9.17, 15) is 0 Å². The van der Waals surface area contributed by atoms with Crippen LogP contribution >= 0.6 is 11.6 Å². The lowest BCUT2D eigenvalue weighted by molar-refractivity contribution is 0.157. The molecular formula is C15H12ClN3O2. The average molecular weight is 302 g/mol. The Morgan fingerprint density at radius 2 is 1.95 bits per heavy atom. The smallest absolute Gasteiger partial charge is 0.278 e. The van der Waals surface area contributed by atoms with E-state index < -0.39 is 0 Å². The molecule has 5 nitrogen and oxygen atoms in total. The van der Waals surface area contributed by atoms with Crippen molar-refractivity contribution in [2.24, 2.45) is 0 Å². The number of hydrogen-bond acceptors (Lipinski definition) is 4. The summed E-state index contributed by atoms with van der Waals surface area (Å²) in [6.45, 7) is 2.99. The fraction of sp³-hybridized carbons (Fsp3) is 0.200. The zero-order chi connectivity index (χ0) is 14.4. The molecule has 2 aromatic heterocycles. The van der Waals surface area contributed by atoms with E-state index in [-0.39, 0.29) is 0 Å². The highest BCUT2D eigenvalue weighted by atomic mass is 35.5. The number of hydrogen-bond donors (Lipinski definition) is 1. The van der Waals surface area contributed by atoms with Gasteiger partial charge in [-0.05, 0) is 25.1 Å². The van der Waals surface area contributed by atoms with Gasteiger partial charge in [-0.2, -0.15) is 0 Å². The van der Waals surface area contributed by atoms with Crippen molar-refractivity contribution in [3.63, 3.8) is 0 Å². The van der Waals surface area contributed by atoms with Crippen molar-refractivity contribution in [3.05, 3.63) is 35.1 Å². The van der Waals surface area contributed by atoms with Crippen molar-refractivity contribution in [2.45, 2.75) is 6.92 Å². The summed E-state index contributed by atoms with van der Waals surface area (Å²) >= 11 is 6.38. The quantitative estimate of drug-likeness (QED) is 0.749. The van der Waals surface area contributed by atoms with E-state index in [0.29, 0.717) is 35.7 Å². The van der Waals surface area contributed by atoms with Gasteiger partial charge in [0.05, 0.1) is 16.9 Å². The van der Waals surface area contributed by atoms with Crippen LogP contribution in [-0.4, -0.2) is 28.2 Å². The first-order valence-electron chi connectivity index (χ1n) is 6.62. The van der Waals surface area contributed by atoms with Gasteiger partial charge in [-0.1, -0.05) is 11.6 Å². The first kappa shape index (κ1) is 12.5. The van der Waals surface area contributed by atoms with Gasteiger partial charge in [0, 0.05) is 22.2 Å². The van der Waals surface area contributed by atoms with E-state index in [1.54, 1.807) is 6.20 Å². The molecule has 0 saturated carbocycles. The second-order valence-corrected chi connectivity index (χ2v) is 5.34. The molecule has 1 N–H and O–H groups in total. The third-order valence-electron chi connectivity index (χ3n) is 3.39. The zero-order valence-corrected chi connectivity index (χ0v) is 12.1. The molecule has 21 heavy (non-hydrogen) atoms. The van der Waals surface area contributed by atoms with Gasteiger partial charge in [0.15, 0.2) is 0 Å². The number of halogens is 1. The van der Waals surface area contributed by atoms with Gasteiger partial charge in [-0.3, -0.25) is 0 Å². The number of nitrogens with one attached hydrogen (secondary N) is 1. The van der Waals surface area contributed by atoms with E-state index in [2.05, 4.69) is 21.0 Å². The molecule has 0 unspecified atom stereocenters. The van der Waals surface area contributed by atoms with Gasteiger partial charge in [0.25, 0.3) is 11.8 Å². The fourth-order valence-corrected chi connectivity index (χ4v) is 2.72. The van der Waals surface area contributed by atoms with Crippen LogP contribution in [0.5, 0.6) is 11.8 Å². The predicted molar refractivity (Wildman–Crippen MR) is 80.1 cm³/mol. The van der Waals surface area contributed by atoms with Crippen molar-refractivity contribution in [1.82, 2.24) is 15.0 Å². The first-order valence-corrected chi connectivity index (χ1v) is 7.00. The number of fused-ring (bicyclic) bond motifs is 2. The Bertz CT molecular complexity index is 844. The minimum atomic E-state index is 0.414. The lowest BCUT2D eigenvalue weighted by atomic mass is 10.1. The number of aromatic nitrogens is 3. The van der Waals surface area contributed by atoms with Gasteiger partial charge in [0.1, 0.15) is 13.2 Å². The Kier molecular flexibility index (Phi) is 2.75. The van der Waals surface area contributed by atoms with Gasteiger partial charge in [0.2, 0.25) is 0 Å². The van der Waals surface area contributed by atoms with E-state index in [4.69, 9.17) is 21.1 Å². The highest BCUT2D eigenvalue weighted by Gasteiger charge is 2.17. The maximum atomic E-state index is 6.38. The topological polar surface area (TPSA) is 60.0 Å². The van der Waals surface area contributed by atoms with Crippen molar-refractivity contribution in [1.29, 1.82) is 0 Å². The van der Waals surface area contributed by atoms with Gasteiger partial charge < -0.3 is 14.5 Å². The summed E-state index contributed by atoms with van der Waals surface area (Å²) in [5.41, 5.74) is 3.59. The Balaban J connectivity index is 1.87. The van der Waals surface area contributed by atoms with Crippen LogP contribution in [0.15, 0.2) is 24.4 Å². The fourth-order valence-electron chi connectivity index (χ4n) is 2.45. The van der Waals surface area contributed by atoms with Crippen LogP contribution in [0.1, 0.15) is 5.69 Å². The summed E-state index contributed by atoms with van der Waals surface area (Å²) in [5, 5.41) is 1.71. The first-order chi connectivity index (χ1) is 10.2. The molecule has 106 valence electrons. The summed E-state index contributed by atoms with van der Waals surface area (Å²) in [5.74, 6) is 0.843. The Morgan fingerprint density at radius 1 is 1.14 bits per heavy atom. The van der Waals surface area contributed by atoms with Crippen LogP contribution in [0.25, 0.3) is 22.2 Å². The van der Waals surface area contributed by atoms with Crippen LogP contribution in [0.3, 0.4) is 0 Å². The molecule has 1 aromatic carbocycles. The molecule has 1 aliphatic heterocycles. The largest absolute Gasteiger partial charge is 0.470 e. The van der Waals surface area contributed by atoms with Crippen molar-refractivity contribution >= 4 is 22.5 Å². The molecule has 0 radical (unpaired) electrons. The van der Waals surface area contributed by atoms with Gasteiger partial charge in [-0.25, -0.2) is 9.97 Å². The molecule has 3 aromatic rings. The molecule has 0 fully saturated rings. The molecule has 6 heteroatoms. The maximum absolute atomic E-state index is 6.38. The molecule has 1 aliphatic rings. The Hall–Kier alpha value is -2.27. The standard InChI is InChI=1S/C15H12ClN3O2/c1-8-4-9-5-11(16)10(6-12(9)18-8)13-7-17-14-15(19-13)21-3-2-20-14/h4-7,18H,2-3H2,1H3. The van der Waals surface area contributed by atoms with E-state index >= 15 is 0 Å². The SMILES string of the molecule is Cc1cc2cc(Cl)c(-c3cnc4c(n3)OCCO4)cc2[nH]1. The molecule has 0 spiro atoms. The Labute approximate surface area is 125 Å². The lowest BCUT2D eigenvalue weighted by Crippen LogP contribution is -2.17. The third kappa shape index (κ3) is 2.10. The molecule has 0 aliphatic carbocycles. The van der Waals surface area contributed by atoms with Crippen molar-refractivity contribution < 1.29 is 9.47 Å². The summed E-state index contributed by atoms with van der Waals surface area (Å²) in [7, 11) is 0. The monoisotopic (exact) mass is 301 g/mol. The molecule has 0 amide bonds. The zero-order valence-electron chi connectivity index (χ0n) is 11.3. The average Bonchev–Trinajstić information content (AvgIpc) is 2.85. The van der Waals surface area contributed by atoms with Crippen molar-refractivity contribution in [3.8, 4) is 23.0 Å². The van der Waals surface area contributed by atoms with Crippen LogP contribution < -0.4 is 9.47 Å². The number of aryl methyl sites for hydroxylation is 1. The van der Waals surface area contributed by atoms with Gasteiger partial charge in [-0.15, -0.1) is 0 Å². The van der Waals surface area contributed by atoms with Crippen molar-refractivity contribution in [2.75, 3.05) is 13.2 Å². The van der Waals surface area contributed by atoms with Gasteiger partial charge >= 0.3 is 0 Å². The third-order valence-corrected chi connectivity index (χ3v) is 3.70. The highest BCUT2D eigenvalue weighted by molar-refractivity contribution is 6.34. The molecule has 0 bridgehead atoms. The number of rotatable bonds is 1. The van der Waals surface area contributed by atoms with E-state index in [1.165, 1.54) is 0 Å².